The maximum absolute atomic E-state index is 13.3. The Bertz CT molecular complexity index is 686. The third kappa shape index (κ3) is 3.68. The van der Waals surface area contributed by atoms with Gasteiger partial charge in [0, 0.05) is 22.3 Å². The van der Waals surface area contributed by atoms with Crippen molar-refractivity contribution in [1.29, 1.82) is 0 Å². The molecule has 4 nitrogen and oxygen atoms in total. The van der Waals surface area contributed by atoms with Gasteiger partial charge in [0.1, 0.15) is 5.82 Å². The zero-order valence-corrected chi connectivity index (χ0v) is 13.5. The molecule has 2 aromatic rings. The number of nitrogens with zero attached hydrogens (tertiary/aromatic N) is 2. The Balaban J connectivity index is 2.66. The van der Waals surface area contributed by atoms with Gasteiger partial charge in [-0.3, -0.25) is 0 Å². The zero-order chi connectivity index (χ0) is 16.5. The molecule has 3 N–H and O–H groups in total. The van der Waals surface area contributed by atoms with E-state index in [0.29, 0.717) is 4.47 Å². The first-order chi connectivity index (χ1) is 10.2. The van der Waals surface area contributed by atoms with E-state index in [1.807, 2.05) is 13.8 Å². The van der Waals surface area contributed by atoms with E-state index in [2.05, 4.69) is 31.2 Å². The lowest BCUT2D eigenvalue weighted by Gasteiger charge is -2.17. The van der Waals surface area contributed by atoms with E-state index in [0.717, 1.165) is 6.07 Å². The highest BCUT2D eigenvalue weighted by molar-refractivity contribution is 9.10. The highest BCUT2D eigenvalue weighted by Gasteiger charge is 2.34. The topological polar surface area (TPSA) is 63.8 Å². The fourth-order valence-corrected chi connectivity index (χ4v) is 2.32. The summed E-state index contributed by atoms with van der Waals surface area (Å²) in [5.41, 5.74) is 5.03. The fraction of sp³-hybridized carbons (Fsp3) is 0.286. The summed E-state index contributed by atoms with van der Waals surface area (Å²) in [7, 11) is 0. The van der Waals surface area contributed by atoms with Crippen LogP contribution in [0.5, 0.6) is 0 Å². The monoisotopic (exact) mass is 374 g/mol. The third-order valence-electron chi connectivity index (χ3n) is 2.81. The van der Waals surface area contributed by atoms with Crippen molar-refractivity contribution in [3.63, 3.8) is 0 Å². The van der Waals surface area contributed by atoms with Gasteiger partial charge in [-0.25, -0.2) is 4.98 Å². The summed E-state index contributed by atoms with van der Waals surface area (Å²) in [6, 6.07) is 3.94. The van der Waals surface area contributed by atoms with Crippen LogP contribution in [0.4, 0.5) is 24.9 Å². The van der Waals surface area contributed by atoms with Crippen LogP contribution in [-0.2, 0) is 6.18 Å². The molecule has 1 aromatic heterocycles. The Morgan fingerprint density at radius 1 is 1.23 bits per heavy atom. The Morgan fingerprint density at radius 2 is 1.91 bits per heavy atom. The number of nitrogens with two attached hydrogens (primary N) is 1. The summed E-state index contributed by atoms with van der Waals surface area (Å²) in [5.74, 6) is 0.271. The van der Waals surface area contributed by atoms with Crippen molar-refractivity contribution in [2.45, 2.75) is 26.1 Å². The molecule has 118 valence electrons. The van der Waals surface area contributed by atoms with Crippen LogP contribution in [-0.4, -0.2) is 16.0 Å². The molecule has 0 bridgehead atoms. The molecule has 0 aliphatic heterocycles. The Kier molecular flexibility index (Phi) is 4.60. The van der Waals surface area contributed by atoms with Crippen LogP contribution in [0.2, 0.25) is 0 Å². The van der Waals surface area contributed by atoms with Crippen LogP contribution in [0.25, 0.3) is 11.1 Å². The second kappa shape index (κ2) is 6.12. The number of anilines is 2. The fourth-order valence-electron chi connectivity index (χ4n) is 1.96. The lowest BCUT2D eigenvalue weighted by molar-refractivity contribution is -0.137. The standard InChI is InChI=1S/C14H14BrF3N4/c1-7(2)21-12-10(6-20-13(19)22-12)9-4-3-8(15)5-11(9)14(16,17)18/h3-7H,1-2H3,(H3,19,20,21,22). The number of hydrogen-bond acceptors (Lipinski definition) is 4. The van der Waals surface area contributed by atoms with Crippen LogP contribution < -0.4 is 11.1 Å². The first-order valence-corrected chi connectivity index (χ1v) is 7.24. The van der Waals surface area contributed by atoms with Gasteiger partial charge in [-0.2, -0.15) is 18.2 Å². The van der Waals surface area contributed by atoms with Gasteiger partial charge >= 0.3 is 6.18 Å². The van der Waals surface area contributed by atoms with E-state index in [1.165, 1.54) is 12.3 Å². The normalized spacial score (nSPS) is 11.8. The molecule has 0 radical (unpaired) electrons. The second-order valence-corrected chi connectivity index (χ2v) is 5.89. The quantitative estimate of drug-likeness (QED) is 0.839. The van der Waals surface area contributed by atoms with Gasteiger partial charge in [-0.15, -0.1) is 0 Å². The maximum atomic E-state index is 13.3. The molecule has 0 saturated carbocycles. The minimum Gasteiger partial charge on any atom is -0.368 e. The first-order valence-electron chi connectivity index (χ1n) is 6.44. The molecular weight excluding hydrogens is 361 g/mol. The highest BCUT2D eigenvalue weighted by atomic mass is 79.9. The van der Waals surface area contributed by atoms with Gasteiger partial charge in [-0.05, 0) is 31.5 Å². The van der Waals surface area contributed by atoms with Gasteiger partial charge in [0.2, 0.25) is 5.95 Å². The van der Waals surface area contributed by atoms with Gasteiger partial charge in [0.15, 0.2) is 0 Å². The SMILES string of the molecule is CC(C)Nc1nc(N)ncc1-c1ccc(Br)cc1C(F)(F)F. The molecule has 0 amide bonds. The zero-order valence-electron chi connectivity index (χ0n) is 11.9. The summed E-state index contributed by atoms with van der Waals surface area (Å²) >= 11 is 3.06. The lowest BCUT2D eigenvalue weighted by Crippen LogP contribution is -2.14. The molecule has 0 spiro atoms. The van der Waals surface area contributed by atoms with Crippen molar-refractivity contribution in [2.75, 3.05) is 11.1 Å². The summed E-state index contributed by atoms with van der Waals surface area (Å²) in [6.45, 7) is 3.71. The van der Waals surface area contributed by atoms with E-state index >= 15 is 0 Å². The van der Waals surface area contributed by atoms with Crippen LogP contribution in [0, 0.1) is 0 Å². The number of hydrogen-bond donors (Lipinski definition) is 2. The number of nitrogen functional groups attached to an aromatic ring is 1. The third-order valence-corrected chi connectivity index (χ3v) is 3.30. The number of rotatable bonds is 3. The van der Waals surface area contributed by atoms with Crippen molar-refractivity contribution in [3.8, 4) is 11.1 Å². The number of aromatic nitrogens is 2. The van der Waals surface area contributed by atoms with E-state index in [4.69, 9.17) is 5.73 Å². The molecule has 22 heavy (non-hydrogen) atoms. The first kappa shape index (κ1) is 16.5. The van der Waals surface area contributed by atoms with Gasteiger partial charge < -0.3 is 11.1 Å². The summed E-state index contributed by atoms with van der Waals surface area (Å²) in [5, 5.41) is 3.00. The predicted octanol–water partition coefficient (Wildman–Crippen LogP) is 4.33. The number of halogens is 4. The van der Waals surface area contributed by atoms with E-state index < -0.39 is 11.7 Å². The Morgan fingerprint density at radius 3 is 2.50 bits per heavy atom. The summed E-state index contributed by atoms with van der Waals surface area (Å²) in [6.07, 6.45) is -3.19. The second-order valence-electron chi connectivity index (χ2n) is 4.98. The number of alkyl halides is 3. The minimum atomic E-state index is -4.49. The van der Waals surface area contributed by atoms with E-state index in [1.54, 1.807) is 6.07 Å². The molecule has 0 saturated heterocycles. The number of benzene rings is 1. The van der Waals surface area contributed by atoms with Gasteiger partial charge in [-0.1, -0.05) is 22.0 Å². The van der Waals surface area contributed by atoms with Crippen LogP contribution in [0.3, 0.4) is 0 Å². The van der Waals surface area contributed by atoms with Crippen molar-refractivity contribution in [1.82, 2.24) is 9.97 Å². The van der Waals surface area contributed by atoms with Crippen LogP contribution in [0.1, 0.15) is 19.4 Å². The van der Waals surface area contributed by atoms with E-state index in [9.17, 15) is 13.2 Å². The predicted molar refractivity (Wildman–Crippen MR) is 83.3 cm³/mol. The molecule has 2 rings (SSSR count). The van der Waals surface area contributed by atoms with Crippen molar-refractivity contribution in [3.05, 3.63) is 34.4 Å². The molecule has 8 heteroatoms. The minimum absolute atomic E-state index is 0.00106. The molecule has 0 unspecified atom stereocenters. The largest absolute Gasteiger partial charge is 0.417 e. The smallest absolute Gasteiger partial charge is 0.368 e. The summed E-state index contributed by atoms with van der Waals surface area (Å²) < 4.78 is 40.2. The van der Waals surface area contributed by atoms with Crippen LogP contribution in [0.15, 0.2) is 28.9 Å². The molecule has 1 heterocycles. The Labute approximate surface area is 134 Å². The molecule has 0 fully saturated rings. The Hall–Kier alpha value is -1.83. The molecule has 1 aromatic carbocycles. The van der Waals surface area contributed by atoms with Gasteiger partial charge in [0.05, 0.1) is 5.56 Å². The molecular formula is C14H14BrF3N4. The molecule has 0 aliphatic carbocycles. The van der Waals surface area contributed by atoms with Crippen molar-refractivity contribution < 1.29 is 13.2 Å². The van der Waals surface area contributed by atoms with Crippen molar-refractivity contribution >= 4 is 27.7 Å². The average molecular weight is 375 g/mol. The molecule has 0 atom stereocenters. The summed E-state index contributed by atoms with van der Waals surface area (Å²) in [4.78, 5) is 7.83. The van der Waals surface area contributed by atoms with Crippen LogP contribution >= 0.6 is 15.9 Å². The highest BCUT2D eigenvalue weighted by Crippen LogP contribution is 2.40. The maximum Gasteiger partial charge on any atom is 0.417 e. The molecule has 0 aliphatic rings. The lowest BCUT2D eigenvalue weighted by atomic mass is 10.0. The van der Waals surface area contributed by atoms with Crippen molar-refractivity contribution in [2.24, 2.45) is 0 Å². The van der Waals surface area contributed by atoms with E-state index in [-0.39, 0.29) is 28.9 Å². The van der Waals surface area contributed by atoms with Gasteiger partial charge in [0.25, 0.3) is 0 Å². The number of nitrogens with one attached hydrogen (secondary N) is 1. The average Bonchev–Trinajstić information content (AvgIpc) is 2.38.